The lowest BCUT2D eigenvalue weighted by Gasteiger charge is -2.13. The van der Waals surface area contributed by atoms with Gasteiger partial charge in [-0.1, -0.05) is 63.9 Å². The molecule has 0 aliphatic rings. The largest absolute Gasteiger partial charge is 0.466 e. The highest BCUT2D eigenvalue weighted by Crippen LogP contribution is 2.36. The fraction of sp³-hybridized carbons (Fsp3) is 0.118. The minimum absolute atomic E-state index is 0.102. The number of hydrogen-bond donors (Lipinski definition) is 2. The summed E-state index contributed by atoms with van der Waals surface area (Å²) in [7, 11) is -5.77. The number of esters is 2. The number of ether oxygens (including phenoxy) is 2. The van der Waals surface area contributed by atoms with Crippen molar-refractivity contribution in [3.05, 3.63) is 135 Å². The lowest BCUT2D eigenvalue weighted by Crippen LogP contribution is -2.14. The molecule has 0 aromatic heterocycles. The second-order valence-electron chi connectivity index (χ2n) is 10.2. The van der Waals surface area contributed by atoms with Crippen LogP contribution >= 0.6 is 39.1 Å². The van der Waals surface area contributed by atoms with Crippen LogP contribution in [-0.2, 0) is 51.5 Å². The summed E-state index contributed by atoms with van der Waals surface area (Å²) in [5, 5.41) is -0.320. The van der Waals surface area contributed by atoms with Gasteiger partial charge in [-0.15, -0.1) is 0 Å². The van der Waals surface area contributed by atoms with E-state index in [-0.39, 0.29) is 25.5 Å². The molecule has 0 bridgehead atoms. The third kappa shape index (κ3) is 14.9. The first kappa shape index (κ1) is 46.6. The number of carbonyl (C=O) groups is 2. The van der Waals surface area contributed by atoms with E-state index in [1.54, 1.807) is 6.07 Å². The number of rotatable bonds is 9. The Hall–Kier alpha value is -4.56. The van der Waals surface area contributed by atoms with Crippen LogP contribution < -0.4 is 9.44 Å². The molecule has 0 spiro atoms. The molecule has 4 aromatic rings. The monoisotopic (exact) mass is 918 g/mol. The molecule has 4 rings (SSSR count). The van der Waals surface area contributed by atoms with Gasteiger partial charge in [0.2, 0.25) is 0 Å². The first-order chi connectivity index (χ1) is 25.4. The van der Waals surface area contributed by atoms with Crippen LogP contribution in [0.2, 0.25) is 10.0 Å². The smallest absolute Gasteiger partial charge is 0.416 e. The zero-order chi connectivity index (χ0) is 41.8. The summed E-state index contributed by atoms with van der Waals surface area (Å²) in [4.78, 5) is 20.6. The van der Waals surface area contributed by atoms with Crippen molar-refractivity contribution in [1.82, 2.24) is 0 Å². The van der Waals surface area contributed by atoms with Crippen molar-refractivity contribution in [3.8, 4) is 0 Å². The van der Waals surface area contributed by atoms with Crippen LogP contribution in [0.3, 0.4) is 0 Å². The predicted octanol–water partition coefficient (Wildman–Crippen LogP) is 9.61. The Morgan fingerprint density at radius 3 is 1.51 bits per heavy atom. The molecule has 0 heterocycles. The quantitative estimate of drug-likeness (QED) is 0.0960. The van der Waals surface area contributed by atoms with Gasteiger partial charge in [0.1, 0.15) is 0 Å². The van der Waals surface area contributed by atoms with Gasteiger partial charge in [-0.25, -0.2) is 26.4 Å². The Morgan fingerprint density at radius 1 is 0.691 bits per heavy atom. The summed E-state index contributed by atoms with van der Waals surface area (Å²) >= 11 is 14.7. The number of benzene rings is 4. The molecule has 0 aliphatic carbocycles. The number of carbonyl (C=O) groups excluding carboxylic acids is 2. The van der Waals surface area contributed by atoms with E-state index in [9.17, 15) is 52.8 Å². The molecule has 55 heavy (non-hydrogen) atoms. The van der Waals surface area contributed by atoms with Crippen LogP contribution in [0.4, 0.5) is 37.7 Å². The number of anilines is 2. The highest BCUT2D eigenvalue weighted by Gasteiger charge is 2.32. The second-order valence-corrected chi connectivity index (χ2v) is 15.3. The van der Waals surface area contributed by atoms with Gasteiger partial charge in [-0.2, -0.15) is 26.3 Å². The van der Waals surface area contributed by atoms with Crippen LogP contribution in [0.15, 0.2) is 118 Å². The van der Waals surface area contributed by atoms with Crippen LogP contribution in [0.25, 0.3) is 6.08 Å². The molecule has 0 saturated carbocycles. The van der Waals surface area contributed by atoms with Crippen LogP contribution in [0.1, 0.15) is 16.7 Å². The number of nitrogens with one attached hydrogen (secondary N) is 2. The molecular weight excluding hydrogens is 893 g/mol. The average molecular weight is 921 g/mol. The van der Waals surface area contributed by atoms with E-state index in [4.69, 9.17) is 23.2 Å². The molecule has 10 nitrogen and oxygen atoms in total. The Morgan fingerprint density at radius 2 is 1.13 bits per heavy atom. The minimum atomic E-state index is -4.65. The van der Waals surface area contributed by atoms with Gasteiger partial charge in [0.15, 0.2) is 0 Å². The summed E-state index contributed by atoms with van der Waals surface area (Å²) in [6.07, 6.45) is -5.70. The van der Waals surface area contributed by atoms with Gasteiger partial charge < -0.3 is 9.47 Å². The summed E-state index contributed by atoms with van der Waals surface area (Å²) in [5.41, 5.74) is -2.40. The average Bonchev–Trinajstić information content (AvgIpc) is 3.11. The topological polar surface area (TPSA) is 145 Å². The summed E-state index contributed by atoms with van der Waals surface area (Å²) in [6, 6.07) is 15.9. The molecule has 0 unspecified atom stereocenters. The third-order valence-corrected chi connectivity index (χ3v) is 10.2. The highest BCUT2D eigenvalue weighted by atomic mass is 79.9. The van der Waals surface area contributed by atoms with Crippen LogP contribution in [-0.4, -0.2) is 43.0 Å². The first-order valence-electron chi connectivity index (χ1n) is 14.5. The van der Waals surface area contributed by atoms with Crippen molar-refractivity contribution < 1.29 is 62.2 Å². The lowest BCUT2D eigenvalue weighted by molar-refractivity contribution is -0.138. The zero-order valence-electron chi connectivity index (χ0n) is 28.0. The number of hydrogen-bond acceptors (Lipinski definition) is 8. The van der Waals surface area contributed by atoms with Crippen molar-refractivity contribution >= 4 is 88.6 Å². The molecule has 0 amide bonds. The Balaban J connectivity index is 0.000000336. The van der Waals surface area contributed by atoms with E-state index >= 15 is 0 Å². The number of sulfonamides is 2. The predicted molar refractivity (Wildman–Crippen MR) is 198 cm³/mol. The molecule has 2 N–H and O–H groups in total. The van der Waals surface area contributed by atoms with Crippen molar-refractivity contribution in [1.29, 1.82) is 0 Å². The van der Waals surface area contributed by atoms with Gasteiger partial charge in [0.25, 0.3) is 20.0 Å². The maximum absolute atomic E-state index is 12.8. The normalized spacial score (nSPS) is 11.6. The fourth-order valence-electron chi connectivity index (χ4n) is 3.70. The summed E-state index contributed by atoms with van der Waals surface area (Å²) in [6.45, 7) is 3.16. The van der Waals surface area contributed by atoms with E-state index in [2.05, 4.69) is 36.7 Å². The van der Waals surface area contributed by atoms with Crippen molar-refractivity contribution in [3.63, 3.8) is 0 Å². The van der Waals surface area contributed by atoms with Crippen LogP contribution in [0, 0.1) is 0 Å². The van der Waals surface area contributed by atoms with E-state index < -0.39 is 61.2 Å². The Labute approximate surface area is 330 Å². The Kier molecular flexibility index (Phi) is 16.8. The summed E-state index contributed by atoms with van der Waals surface area (Å²) in [5.74, 6) is -1.02. The molecule has 0 fully saturated rings. The van der Waals surface area contributed by atoms with Gasteiger partial charge >= 0.3 is 24.3 Å². The molecule has 0 saturated heterocycles. The molecule has 21 heteroatoms. The van der Waals surface area contributed by atoms with Gasteiger partial charge in [0.05, 0.1) is 56.6 Å². The number of methoxy groups -OCH3 is 2. The fourth-order valence-corrected chi connectivity index (χ4v) is 6.94. The maximum Gasteiger partial charge on any atom is 0.416 e. The number of halogens is 9. The van der Waals surface area contributed by atoms with E-state index in [0.717, 1.165) is 36.4 Å². The van der Waals surface area contributed by atoms with E-state index in [0.29, 0.717) is 22.2 Å². The van der Waals surface area contributed by atoms with Gasteiger partial charge in [-0.05, 0) is 78.4 Å². The molecule has 296 valence electrons. The second kappa shape index (κ2) is 19.9. The standard InChI is InChI=1S/C17H13ClF3NO4S.C13H8BrClF3NO2S.C4H6O2/c1-26-16(23)8-5-11-3-2-4-13(9-11)27(24,25)22-15-10-12(17(19,20)21)6-7-14(15)18;14-9-2-1-3-10(7-9)22(20,21)19-12-6-8(13(16,17)18)4-5-11(12)15;1-3-4(5)6-2/h2-10,22H,1H3;1-7,19H;3H,1H2,2H3/b8-5+;;. The summed E-state index contributed by atoms with van der Waals surface area (Å²) < 4.78 is 139. The highest BCUT2D eigenvalue weighted by molar-refractivity contribution is 9.10. The van der Waals surface area contributed by atoms with Crippen molar-refractivity contribution in [2.45, 2.75) is 22.1 Å². The molecular formula is C34H27BrCl2F6N2O8S2. The zero-order valence-corrected chi connectivity index (χ0v) is 32.7. The first-order valence-corrected chi connectivity index (χ1v) is 19.1. The van der Waals surface area contributed by atoms with Crippen molar-refractivity contribution in [2.75, 3.05) is 23.7 Å². The van der Waals surface area contributed by atoms with Gasteiger partial charge in [0, 0.05) is 16.6 Å². The minimum Gasteiger partial charge on any atom is -0.466 e. The van der Waals surface area contributed by atoms with Crippen LogP contribution in [0.5, 0.6) is 0 Å². The molecule has 0 aliphatic heterocycles. The molecule has 0 radical (unpaired) electrons. The third-order valence-electron chi connectivity index (χ3n) is 6.33. The number of alkyl halides is 6. The van der Waals surface area contributed by atoms with Gasteiger partial charge in [-0.3, -0.25) is 9.44 Å². The van der Waals surface area contributed by atoms with Crippen molar-refractivity contribution in [2.24, 2.45) is 0 Å². The lowest BCUT2D eigenvalue weighted by atomic mass is 10.2. The van der Waals surface area contributed by atoms with E-state index in [1.165, 1.54) is 62.8 Å². The Bertz CT molecular complexity index is 2270. The maximum atomic E-state index is 12.8. The molecule has 4 aromatic carbocycles. The van der Waals surface area contributed by atoms with E-state index in [1.807, 2.05) is 4.72 Å². The molecule has 0 atom stereocenters. The SMILES string of the molecule is C=CC(=O)OC.COC(=O)/C=C/c1cccc(S(=O)(=O)Nc2cc(C(F)(F)F)ccc2Cl)c1.O=S(=O)(Nc1cc(C(F)(F)F)ccc1Cl)c1cccc(Br)c1.